The lowest BCUT2D eigenvalue weighted by molar-refractivity contribution is 0.122. The van der Waals surface area contributed by atoms with Crippen molar-refractivity contribution in [2.45, 2.75) is 20.4 Å². The Morgan fingerprint density at radius 2 is 1.73 bits per heavy atom. The van der Waals surface area contributed by atoms with Crippen molar-refractivity contribution in [3.8, 4) is 11.1 Å². The number of imidazole rings is 1. The van der Waals surface area contributed by atoms with Gasteiger partial charge in [0.15, 0.2) is 17.0 Å². The lowest BCUT2D eigenvalue weighted by atomic mass is 10.0. The van der Waals surface area contributed by atoms with Crippen molar-refractivity contribution >= 4 is 17.0 Å². The Bertz CT molecular complexity index is 1180. The second-order valence-electron chi connectivity index (χ2n) is 7.60. The van der Waals surface area contributed by atoms with E-state index in [9.17, 15) is 0 Å². The van der Waals surface area contributed by atoms with E-state index in [4.69, 9.17) is 9.72 Å². The van der Waals surface area contributed by atoms with E-state index >= 15 is 0 Å². The van der Waals surface area contributed by atoms with Gasteiger partial charge >= 0.3 is 0 Å². The number of ether oxygens (including phenoxy) is 1. The predicted octanol–water partition coefficient (Wildman–Crippen LogP) is 3.39. The average molecular weight is 400 g/mol. The first-order valence-corrected chi connectivity index (χ1v) is 10.2. The topological polar surface area (TPSA) is 69.0 Å². The average Bonchev–Trinajstić information content (AvgIpc) is 3.10. The second-order valence-corrected chi connectivity index (χ2v) is 7.60. The van der Waals surface area contributed by atoms with E-state index in [2.05, 4.69) is 54.8 Å². The standard InChI is InChI=1S/C23H24N6O/c1-16-13-20(7-8-24-16)19-5-3-18(4-6-19)14-29-17(2)27-21-22(25-15-26-23(21)29)28-9-11-30-12-10-28/h3-8,13,15H,9-12,14H2,1-2H3. The van der Waals surface area contributed by atoms with Crippen LogP contribution < -0.4 is 4.90 Å². The van der Waals surface area contributed by atoms with Crippen LogP contribution in [0.2, 0.25) is 0 Å². The number of fused-ring (bicyclic) bond motifs is 1. The van der Waals surface area contributed by atoms with Gasteiger partial charge in [-0.25, -0.2) is 15.0 Å². The van der Waals surface area contributed by atoms with Crippen molar-refractivity contribution in [2.75, 3.05) is 31.2 Å². The Balaban J connectivity index is 1.45. The summed E-state index contributed by atoms with van der Waals surface area (Å²) >= 11 is 0. The van der Waals surface area contributed by atoms with Gasteiger partial charge in [0.1, 0.15) is 12.2 Å². The molecular formula is C23H24N6O. The number of pyridine rings is 1. The summed E-state index contributed by atoms with van der Waals surface area (Å²) in [6.07, 6.45) is 3.49. The number of hydrogen-bond acceptors (Lipinski definition) is 6. The highest BCUT2D eigenvalue weighted by molar-refractivity contribution is 5.84. The number of nitrogens with zero attached hydrogens (tertiary/aromatic N) is 6. The van der Waals surface area contributed by atoms with Gasteiger partial charge in [0.2, 0.25) is 0 Å². The molecule has 152 valence electrons. The van der Waals surface area contributed by atoms with E-state index in [1.165, 1.54) is 16.7 Å². The summed E-state index contributed by atoms with van der Waals surface area (Å²) in [4.78, 5) is 20.4. The van der Waals surface area contributed by atoms with Gasteiger partial charge in [-0.05, 0) is 42.7 Å². The number of anilines is 1. The molecule has 7 heteroatoms. The van der Waals surface area contributed by atoms with E-state index in [1.54, 1.807) is 6.33 Å². The smallest absolute Gasteiger partial charge is 0.165 e. The Morgan fingerprint density at radius 3 is 2.50 bits per heavy atom. The Hall–Kier alpha value is -3.32. The number of aryl methyl sites for hydroxylation is 2. The van der Waals surface area contributed by atoms with E-state index in [1.807, 2.05) is 26.1 Å². The molecule has 30 heavy (non-hydrogen) atoms. The largest absolute Gasteiger partial charge is 0.378 e. The fraction of sp³-hybridized carbons (Fsp3) is 0.304. The Labute approximate surface area is 175 Å². The molecular weight excluding hydrogens is 376 g/mol. The molecule has 0 N–H and O–H groups in total. The van der Waals surface area contributed by atoms with Crippen molar-refractivity contribution in [1.29, 1.82) is 0 Å². The SMILES string of the molecule is Cc1cc(-c2ccc(Cn3c(C)nc4c(N5CCOCC5)ncnc43)cc2)ccn1. The number of morpholine rings is 1. The molecule has 0 atom stereocenters. The highest BCUT2D eigenvalue weighted by Crippen LogP contribution is 2.25. The zero-order valence-electron chi connectivity index (χ0n) is 17.2. The molecule has 0 aliphatic carbocycles. The Morgan fingerprint density at radius 1 is 0.933 bits per heavy atom. The number of hydrogen-bond donors (Lipinski definition) is 0. The maximum Gasteiger partial charge on any atom is 0.165 e. The first-order chi connectivity index (χ1) is 14.7. The van der Waals surface area contributed by atoms with Crippen LogP contribution >= 0.6 is 0 Å². The third kappa shape index (κ3) is 3.52. The minimum atomic E-state index is 0.717. The zero-order chi connectivity index (χ0) is 20.5. The maximum atomic E-state index is 5.48. The zero-order valence-corrected chi connectivity index (χ0v) is 17.2. The molecule has 0 bridgehead atoms. The second kappa shape index (κ2) is 7.84. The molecule has 0 unspecified atom stereocenters. The summed E-state index contributed by atoms with van der Waals surface area (Å²) in [6.45, 7) is 7.85. The summed E-state index contributed by atoms with van der Waals surface area (Å²) in [5, 5.41) is 0. The van der Waals surface area contributed by atoms with Crippen LogP contribution in [0.1, 0.15) is 17.1 Å². The minimum absolute atomic E-state index is 0.717. The van der Waals surface area contributed by atoms with Crippen molar-refractivity contribution < 1.29 is 4.74 Å². The maximum absolute atomic E-state index is 5.48. The third-order valence-corrected chi connectivity index (χ3v) is 5.54. The first kappa shape index (κ1) is 18.7. The van der Waals surface area contributed by atoms with Crippen molar-refractivity contribution in [2.24, 2.45) is 0 Å². The van der Waals surface area contributed by atoms with Gasteiger partial charge in [-0.2, -0.15) is 0 Å². The van der Waals surface area contributed by atoms with Crippen molar-refractivity contribution in [1.82, 2.24) is 24.5 Å². The molecule has 0 spiro atoms. The van der Waals surface area contributed by atoms with Crippen LogP contribution in [0.5, 0.6) is 0 Å². The summed E-state index contributed by atoms with van der Waals surface area (Å²) in [5.41, 5.74) is 6.33. The predicted molar refractivity (Wildman–Crippen MR) is 117 cm³/mol. The van der Waals surface area contributed by atoms with Crippen LogP contribution in [0, 0.1) is 13.8 Å². The summed E-state index contributed by atoms with van der Waals surface area (Å²) < 4.78 is 7.63. The molecule has 1 aliphatic heterocycles. The van der Waals surface area contributed by atoms with Gasteiger partial charge in [0.05, 0.1) is 19.8 Å². The minimum Gasteiger partial charge on any atom is -0.378 e. The van der Waals surface area contributed by atoms with Crippen LogP contribution in [0.15, 0.2) is 48.9 Å². The van der Waals surface area contributed by atoms with Crippen LogP contribution in [0.25, 0.3) is 22.3 Å². The molecule has 4 heterocycles. The van der Waals surface area contributed by atoms with Crippen LogP contribution in [-0.4, -0.2) is 50.8 Å². The van der Waals surface area contributed by atoms with Gasteiger partial charge in [-0.3, -0.25) is 4.98 Å². The molecule has 1 aliphatic rings. The molecule has 0 amide bonds. The van der Waals surface area contributed by atoms with E-state index in [0.29, 0.717) is 13.2 Å². The molecule has 1 aromatic carbocycles. The van der Waals surface area contributed by atoms with Gasteiger partial charge < -0.3 is 14.2 Å². The van der Waals surface area contributed by atoms with E-state index in [-0.39, 0.29) is 0 Å². The normalized spacial score (nSPS) is 14.4. The van der Waals surface area contributed by atoms with Crippen molar-refractivity contribution in [3.63, 3.8) is 0 Å². The van der Waals surface area contributed by atoms with Crippen molar-refractivity contribution in [3.05, 3.63) is 66.0 Å². The van der Waals surface area contributed by atoms with Gasteiger partial charge in [-0.1, -0.05) is 24.3 Å². The molecule has 5 rings (SSSR count). The fourth-order valence-corrected chi connectivity index (χ4v) is 3.94. The van der Waals surface area contributed by atoms with Crippen LogP contribution in [0.3, 0.4) is 0 Å². The summed E-state index contributed by atoms with van der Waals surface area (Å²) in [6, 6.07) is 12.8. The lowest BCUT2D eigenvalue weighted by Gasteiger charge is -2.27. The highest BCUT2D eigenvalue weighted by Gasteiger charge is 2.20. The molecule has 1 saturated heterocycles. The fourth-order valence-electron chi connectivity index (χ4n) is 3.94. The van der Waals surface area contributed by atoms with Crippen LogP contribution in [0.4, 0.5) is 5.82 Å². The van der Waals surface area contributed by atoms with Gasteiger partial charge in [-0.15, -0.1) is 0 Å². The molecule has 4 aromatic rings. The number of benzene rings is 1. The molecule has 3 aromatic heterocycles. The summed E-state index contributed by atoms with van der Waals surface area (Å²) in [7, 11) is 0. The first-order valence-electron chi connectivity index (χ1n) is 10.2. The van der Waals surface area contributed by atoms with Gasteiger partial charge in [0, 0.05) is 25.0 Å². The third-order valence-electron chi connectivity index (χ3n) is 5.54. The van der Waals surface area contributed by atoms with E-state index < -0.39 is 0 Å². The van der Waals surface area contributed by atoms with Gasteiger partial charge in [0.25, 0.3) is 0 Å². The lowest BCUT2D eigenvalue weighted by Crippen LogP contribution is -2.36. The number of rotatable bonds is 4. The monoisotopic (exact) mass is 400 g/mol. The molecule has 0 radical (unpaired) electrons. The van der Waals surface area contributed by atoms with Crippen LogP contribution in [-0.2, 0) is 11.3 Å². The number of aromatic nitrogens is 5. The molecule has 1 fully saturated rings. The quantitative estimate of drug-likeness (QED) is 0.523. The van der Waals surface area contributed by atoms with E-state index in [0.717, 1.165) is 48.1 Å². The summed E-state index contributed by atoms with van der Waals surface area (Å²) in [5.74, 6) is 1.84. The molecule has 7 nitrogen and oxygen atoms in total. The Kier molecular flexibility index (Phi) is 4.88. The highest BCUT2D eigenvalue weighted by atomic mass is 16.5. The molecule has 0 saturated carbocycles.